The van der Waals surface area contributed by atoms with Crippen molar-refractivity contribution in [3.63, 3.8) is 0 Å². The third kappa shape index (κ3) is 5.10. The molecule has 1 aromatic carbocycles. The highest BCUT2D eigenvalue weighted by atomic mass is 32.2. The van der Waals surface area contributed by atoms with Crippen molar-refractivity contribution in [2.75, 3.05) is 23.4 Å². The molecule has 5 nitrogen and oxygen atoms in total. The number of benzene rings is 1. The molecular weight excluding hydrogens is 300 g/mol. The lowest BCUT2D eigenvalue weighted by molar-refractivity contribution is -0.116. The molecule has 0 saturated carbocycles. The summed E-state index contributed by atoms with van der Waals surface area (Å²) in [5, 5.41) is 5.99. The fourth-order valence-electron chi connectivity index (χ4n) is 2.52. The third-order valence-electron chi connectivity index (χ3n) is 3.88. The van der Waals surface area contributed by atoms with Gasteiger partial charge in [-0.2, -0.15) is 0 Å². The summed E-state index contributed by atoms with van der Waals surface area (Å²) in [5.41, 5.74) is 2.03. The van der Waals surface area contributed by atoms with Gasteiger partial charge in [0, 0.05) is 24.7 Å². The Hall–Kier alpha value is -1.40. The Kier molecular flexibility index (Phi) is 5.58. The fraction of sp³-hybridized carbons (Fsp3) is 0.562. The minimum absolute atomic E-state index is 0.0110. The van der Waals surface area contributed by atoms with Crippen LogP contribution in [-0.4, -0.2) is 38.4 Å². The number of hydrogen-bond donors (Lipinski definition) is 2. The van der Waals surface area contributed by atoms with Crippen LogP contribution < -0.4 is 10.6 Å². The molecule has 1 aliphatic heterocycles. The Labute approximate surface area is 132 Å². The van der Waals surface area contributed by atoms with E-state index in [1.165, 1.54) is 5.56 Å². The molecule has 1 saturated heterocycles. The molecule has 2 rings (SSSR count). The summed E-state index contributed by atoms with van der Waals surface area (Å²) >= 11 is 0. The number of anilines is 1. The monoisotopic (exact) mass is 324 g/mol. The molecule has 1 unspecified atom stereocenters. The quantitative estimate of drug-likeness (QED) is 0.838. The van der Waals surface area contributed by atoms with Crippen molar-refractivity contribution in [2.45, 2.75) is 38.6 Å². The van der Waals surface area contributed by atoms with E-state index in [0.717, 1.165) is 5.69 Å². The minimum Gasteiger partial charge on any atom is -0.326 e. The molecule has 1 atom stereocenters. The predicted molar refractivity (Wildman–Crippen MR) is 88.8 cm³/mol. The Morgan fingerprint density at radius 2 is 1.95 bits per heavy atom. The Morgan fingerprint density at radius 3 is 2.50 bits per heavy atom. The average Bonchev–Trinajstić information content (AvgIpc) is 2.79. The van der Waals surface area contributed by atoms with Gasteiger partial charge in [0.05, 0.1) is 11.5 Å². The molecule has 0 aliphatic carbocycles. The van der Waals surface area contributed by atoms with Gasteiger partial charge in [0.25, 0.3) is 0 Å². The summed E-state index contributed by atoms with van der Waals surface area (Å²) < 4.78 is 22.7. The molecule has 1 heterocycles. The lowest BCUT2D eigenvalue weighted by Crippen LogP contribution is -2.32. The SMILES string of the molecule is CC(C)c1ccc(NC(=O)CCNC2CCS(=O)(=O)C2)cc1. The van der Waals surface area contributed by atoms with Crippen molar-refractivity contribution in [3.8, 4) is 0 Å². The molecule has 0 aromatic heterocycles. The van der Waals surface area contributed by atoms with Gasteiger partial charge in [-0.15, -0.1) is 0 Å². The van der Waals surface area contributed by atoms with Crippen LogP contribution >= 0.6 is 0 Å². The van der Waals surface area contributed by atoms with Gasteiger partial charge in [-0.3, -0.25) is 4.79 Å². The number of sulfone groups is 1. The molecule has 0 spiro atoms. The van der Waals surface area contributed by atoms with E-state index in [-0.39, 0.29) is 23.5 Å². The summed E-state index contributed by atoms with van der Waals surface area (Å²) in [5.74, 6) is 0.840. The molecule has 1 fully saturated rings. The van der Waals surface area contributed by atoms with E-state index in [1.807, 2.05) is 24.3 Å². The van der Waals surface area contributed by atoms with E-state index in [9.17, 15) is 13.2 Å². The molecule has 1 aromatic rings. The Balaban J connectivity index is 1.72. The number of hydrogen-bond acceptors (Lipinski definition) is 4. The topological polar surface area (TPSA) is 75.3 Å². The van der Waals surface area contributed by atoms with Gasteiger partial charge in [0.1, 0.15) is 0 Å². The molecule has 2 N–H and O–H groups in total. The molecule has 1 amide bonds. The number of carbonyl (C=O) groups is 1. The van der Waals surface area contributed by atoms with Crippen LogP contribution in [0, 0.1) is 0 Å². The van der Waals surface area contributed by atoms with Crippen LogP contribution in [0.1, 0.15) is 38.2 Å². The maximum atomic E-state index is 11.9. The first-order chi connectivity index (χ1) is 10.4. The minimum atomic E-state index is -2.87. The van der Waals surface area contributed by atoms with Gasteiger partial charge in [0.15, 0.2) is 9.84 Å². The van der Waals surface area contributed by atoms with Crippen molar-refractivity contribution in [1.29, 1.82) is 0 Å². The van der Waals surface area contributed by atoms with Crippen LogP contribution in [0.5, 0.6) is 0 Å². The van der Waals surface area contributed by atoms with Gasteiger partial charge in [0.2, 0.25) is 5.91 Å². The van der Waals surface area contributed by atoms with Crippen LogP contribution in [0.2, 0.25) is 0 Å². The largest absolute Gasteiger partial charge is 0.326 e. The first-order valence-electron chi connectivity index (χ1n) is 7.69. The second-order valence-electron chi connectivity index (χ2n) is 6.13. The fourth-order valence-corrected chi connectivity index (χ4v) is 4.23. The van der Waals surface area contributed by atoms with E-state index in [4.69, 9.17) is 0 Å². The van der Waals surface area contributed by atoms with Gasteiger partial charge in [-0.1, -0.05) is 26.0 Å². The summed E-state index contributed by atoms with van der Waals surface area (Å²) in [4.78, 5) is 11.9. The normalized spacial score (nSPS) is 20.2. The summed E-state index contributed by atoms with van der Waals surface area (Å²) in [6.07, 6.45) is 0.975. The summed E-state index contributed by atoms with van der Waals surface area (Å²) in [6, 6.07) is 7.83. The van der Waals surface area contributed by atoms with Crippen LogP contribution in [0.15, 0.2) is 24.3 Å². The molecular formula is C16H24N2O3S. The van der Waals surface area contributed by atoms with Crippen molar-refractivity contribution in [3.05, 3.63) is 29.8 Å². The van der Waals surface area contributed by atoms with E-state index >= 15 is 0 Å². The van der Waals surface area contributed by atoms with Gasteiger partial charge < -0.3 is 10.6 Å². The van der Waals surface area contributed by atoms with Crippen LogP contribution in [0.25, 0.3) is 0 Å². The van der Waals surface area contributed by atoms with Gasteiger partial charge in [-0.25, -0.2) is 8.42 Å². The number of nitrogens with one attached hydrogen (secondary N) is 2. The lowest BCUT2D eigenvalue weighted by atomic mass is 10.0. The first-order valence-corrected chi connectivity index (χ1v) is 9.51. The van der Waals surface area contributed by atoms with Crippen molar-refractivity contribution < 1.29 is 13.2 Å². The molecule has 0 bridgehead atoms. The zero-order valence-electron chi connectivity index (χ0n) is 13.1. The smallest absolute Gasteiger partial charge is 0.225 e. The highest BCUT2D eigenvalue weighted by Crippen LogP contribution is 2.17. The first kappa shape index (κ1) is 17.0. The highest BCUT2D eigenvalue weighted by Gasteiger charge is 2.27. The molecule has 0 radical (unpaired) electrons. The van der Waals surface area contributed by atoms with Crippen molar-refractivity contribution in [2.24, 2.45) is 0 Å². The van der Waals surface area contributed by atoms with E-state index < -0.39 is 9.84 Å². The van der Waals surface area contributed by atoms with E-state index in [0.29, 0.717) is 25.3 Å². The van der Waals surface area contributed by atoms with E-state index in [2.05, 4.69) is 24.5 Å². The van der Waals surface area contributed by atoms with Gasteiger partial charge in [-0.05, 0) is 30.0 Å². The molecule has 1 aliphatic rings. The van der Waals surface area contributed by atoms with Crippen LogP contribution in [0.3, 0.4) is 0 Å². The lowest BCUT2D eigenvalue weighted by Gasteiger charge is -2.11. The number of amides is 1. The standard InChI is InChI=1S/C16H24N2O3S/c1-12(2)13-3-5-14(6-4-13)18-16(19)7-9-17-15-8-10-22(20,21)11-15/h3-6,12,15,17H,7-11H2,1-2H3,(H,18,19). The maximum absolute atomic E-state index is 11.9. The van der Waals surface area contributed by atoms with E-state index in [1.54, 1.807) is 0 Å². The van der Waals surface area contributed by atoms with Crippen molar-refractivity contribution >= 4 is 21.4 Å². The van der Waals surface area contributed by atoms with Crippen LogP contribution in [0.4, 0.5) is 5.69 Å². The average molecular weight is 324 g/mol. The Bertz CT molecular complexity index is 609. The predicted octanol–water partition coefficient (Wildman–Crippen LogP) is 1.92. The zero-order chi connectivity index (χ0) is 16.2. The number of carbonyl (C=O) groups excluding carboxylic acids is 1. The molecule has 122 valence electrons. The maximum Gasteiger partial charge on any atom is 0.225 e. The zero-order valence-corrected chi connectivity index (χ0v) is 13.9. The van der Waals surface area contributed by atoms with Gasteiger partial charge >= 0.3 is 0 Å². The number of rotatable bonds is 6. The molecule has 6 heteroatoms. The molecule has 22 heavy (non-hydrogen) atoms. The summed E-state index contributed by atoms with van der Waals surface area (Å²) in [6.45, 7) is 4.75. The Morgan fingerprint density at radius 1 is 1.27 bits per heavy atom. The van der Waals surface area contributed by atoms with Crippen LogP contribution in [-0.2, 0) is 14.6 Å². The second kappa shape index (κ2) is 7.24. The van der Waals surface area contributed by atoms with Crippen molar-refractivity contribution in [1.82, 2.24) is 5.32 Å². The second-order valence-corrected chi connectivity index (χ2v) is 8.36. The third-order valence-corrected chi connectivity index (χ3v) is 5.65. The summed E-state index contributed by atoms with van der Waals surface area (Å²) in [7, 11) is -2.87. The highest BCUT2D eigenvalue weighted by molar-refractivity contribution is 7.91.